The largest absolute Gasteiger partial charge is 0.343 e. The van der Waals surface area contributed by atoms with E-state index >= 15 is 0 Å². The molecule has 1 aromatic carbocycles. The molecule has 8 nitrogen and oxygen atoms in total. The molecule has 8 heteroatoms. The van der Waals surface area contributed by atoms with Gasteiger partial charge in [-0.2, -0.15) is 4.98 Å². The van der Waals surface area contributed by atoms with Gasteiger partial charge in [0.2, 0.25) is 17.6 Å². The Labute approximate surface area is 148 Å². The van der Waals surface area contributed by atoms with E-state index in [9.17, 15) is 9.59 Å². The van der Waals surface area contributed by atoms with Gasteiger partial charge in [-0.25, -0.2) is 0 Å². The van der Waals surface area contributed by atoms with E-state index in [1.165, 1.54) is 0 Å². The first-order valence-electron chi connectivity index (χ1n) is 8.13. The molecule has 3 aromatic rings. The molecule has 3 heterocycles. The van der Waals surface area contributed by atoms with Gasteiger partial charge < -0.3 is 15.2 Å². The van der Waals surface area contributed by atoms with Gasteiger partial charge >= 0.3 is 0 Å². The van der Waals surface area contributed by atoms with Crippen LogP contribution in [0.1, 0.15) is 28.2 Å². The zero-order valence-corrected chi connectivity index (χ0v) is 13.7. The quantitative estimate of drug-likeness (QED) is 0.745. The van der Waals surface area contributed by atoms with E-state index < -0.39 is 0 Å². The van der Waals surface area contributed by atoms with E-state index in [2.05, 4.69) is 25.8 Å². The molecule has 0 spiro atoms. The molecule has 4 rings (SSSR count). The summed E-state index contributed by atoms with van der Waals surface area (Å²) >= 11 is 0. The van der Waals surface area contributed by atoms with Crippen molar-refractivity contribution in [3.63, 3.8) is 0 Å². The fourth-order valence-electron chi connectivity index (χ4n) is 2.73. The van der Waals surface area contributed by atoms with Gasteiger partial charge in [-0.3, -0.25) is 14.6 Å². The van der Waals surface area contributed by atoms with Crippen LogP contribution >= 0.6 is 0 Å². The number of carbonyl (C=O) groups excluding carboxylic acids is 2. The summed E-state index contributed by atoms with van der Waals surface area (Å²) < 4.78 is 5.16. The Bertz CT molecular complexity index is 968. The number of fused-ring (bicyclic) bond motifs is 1. The maximum absolute atomic E-state index is 12.3. The van der Waals surface area contributed by atoms with Crippen LogP contribution in [0.15, 0.2) is 47.2 Å². The molecule has 1 aliphatic rings. The molecule has 0 saturated heterocycles. The maximum atomic E-state index is 12.3. The second-order valence-corrected chi connectivity index (χ2v) is 5.85. The summed E-state index contributed by atoms with van der Waals surface area (Å²) in [5.74, 6) is 0.515. The molecule has 0 bridgehead atoms. The lowest BCUT2D eigenvalue weighted by Crippen LogP contribution is -2.24. The van der Waals surface area contributed by atoms with Gasteiger partial charge in [0.25, 0.3) is 5.91 Å². The molecule has 0 atom stereocenters. The summed E-state index contributed by atoms with van der Waals surface area (Å²) in [6, 6.07) is 8.77. The molecule has 0 radical (unpaired) electrons. The van der Waals surface area contributed by atoms with Crippen molar-refractivity contribution in [3.8, 4) is 11.4 Å². The van der Waals surface area contributed by atoms with E-state index in [-0.39, 0.29) is 18.4 Å². The zero-order valence-electron chi connectivity index (χ0n) is 13.7. The summed E-state index contributed by atoms with van der Waals surface area (Å²) in [6.45, 7) is 0.130. The summed E-state index contributed by atoms with van der Waals surface area (Å²) in [4.78, 5) is 31.9. The second-order valence-electron chi connectivity index (χ2n) is 5.85. The minimum Gasteiger partial charge on any atom is -0.343 e. The highest BCUT2D eigenvalue weighted by molar-refractivity contribution is 5.97. The van der Waals surface area contributed by atoms with E-state index in [4.69, 9.17) is 4.52 Å². The zero-order chi connectivity index (χ0) is 17.9. The lowest BCUT2D eigenvalue weighted by Gasteiger charge is -2.17. The molecule has 0 saturated carbocycles. The average molecular weight is 349 g/mol. The van der Waals surface area contributed by atoms with Crippen LogP contribution in [-0.2, 0) is 17.8 Å². The van der Waals surface area contributed by atoms with Crippen molar-refractivity contribution < 1.29 is 14.1 Å². The van der Waals surface area contributed by atoms with Crippen LogP contribution in [0.5, 0.6) is 0 Å². The normalized spacial score (nSPS) is 13.0. The van der Waals surface area contributed by atoms with Crippen molar-refractivity contribution in [1.29, 1.82) is 0 Å². The van der Waals surface area contributed by atoms with Gasteiger partial charge in [0.1, 0.15) is 0 Å². The lowest BCUT2D eigenvalue weighted by molar-refractivity contribution is -0.116. The summed E-state index contributed by atoms with van der Waals surface area (Å²) in [7, 11) is 0. The standard InChI is InChI=1S/C18H15N5O3/c24-15-4-2-12-9-13(1-3-14(12)21-15)18(25)20-10-16-22-17(23-26-16)11-5-7-19-8-6-11/h1,3,5-9H,2,4,10H2,(H,20,25)(H,21,24). The number of nitrogens with zero attached hydrogens (tertiary/aromatic N) is 3. The van der Waals surface area contributed by atoms with Gasteiger partial charge in [0, 0.05) is 35.6 Å². The SMILES string of the molecule is O=C1CCc2cc(C(=O)NCc3nc(-c4ccncc4)no3)ccc2N1. The van der Waals surface area contributed by atoms with E-state index in [1.54, 1.807) is 42.7 Å². The highest BCUT2D eigenvalue weighted by Crippen LogP contribution is 2.23. The molecular weight excluding hydrogens is 334 g/mol. The van der Waals surface area contributed by atoms with E-state index in [1.807, 2.05) is 0 Å². The highest BCUT2D eigenvalue weighted by atomic mass is 16.5. The Kier molecular flexibility index (Phi) is 4.14. The molecule has 2 N–H and O–H groups in total. The molecule has 0 aliphatic carbocycles. The van der Waals surface area contributed by atoms with Crippen LogP contribution in [0.2, 0.25) is 0 Å². The van der Waals surface area contributed by atoms with Crippen molar-refractivity contribution in [2.24, 2.45) is 0 Å². The monoisotopic (exact) mass is 349 g/mol. The predicted octanol–water partition coefficient (Wildman–Crippen LogP) is 1.95. The molecule has 1 aliphatic heterocycles. The summed E-state index contributed by atoms with van der Waals surface area (Å²) in [5, 5.41) is 9.45. The second kappa shape index (κ2) is 6.75. The third-order valence-corrected chi connectivity index (χ3v) is 4.07. The van der Waals surface area contributed by atoms with Gasteiger partial charge in [-0.05, 0) is 42.3 Å². The molecule has 2 amide bonds. The molecule has 0 unspecified atom stereocenters. The third-order valence-electron chi connectivity index (χ3n) is 4.07. The Hall–Kier alpha value is -3.55. The number of nitrogens with one attached hydrogen (secondary N) is 2. The van der Waals surface area contributed by atoms with Gasteiger partial charge in [0.15, 0.2) is 0 Å². The van der Waals surface area contributed by atoms with Gasteiger partial charge in [0.05, 0.1) is 6.54 Å². The molecule has 26 heavy (non-hydrogen) atoms. The average Bonchev–Trinajstić information content (AvgIpc) is 3.15. The fraction of sp³-hybridized carbons (Fsp3) is 0.167. The van der Waals surface area contributed by atoms with Crippen molar-refractivity contribution in [2.45, 2.75) is 19.4 Å². The molecule has 2 aromatic heterocycles. The van der Waals surface area contributed by atoms with Crippen LogP contribution in [0.25, 0.3) is 11.4 Å². The number of benzene rings is 1. The van der Waals surface area contributed by atoms with E-state index in [0.29, 0.717) is 30.1 Å². The summed E-state index contributed by atoms with van der Waals surface area (Å²) in [5.41, 5.74) is 3.03. The first-order chi connectivity index (χ1) is 12.7. The Morgan fingerprint density at radius 2 is 2.04 bits per heavy atom. The lowest BCUT2D eigenvalue weighted by atomic mass is 10.00. The van der Waals surface area contributed by atoms with Crippen LogP contribution in [0, 0.1) is 0 Å². The Morgan fingerprint density at radius 3 is 2.88 bits per heavy atom. The van der Waals surface area contributed by atoms with Crippen LogP contribution in [0.4, 0.5) is 5.69 Å². The van der Waals surface area contributed by atoms with Crippen molar-refractivity contribution in [2.75, 3.05) is 5.32 Å². The minimum absolute atomic E-state index is 0.00361. The molecule has 0 fully saturated rings. The Morgan fingerprint density at radius 1 is 1.19 bits per heavy atom. The number of aryl methyl sites for hydroxylation is 1. The minimum atomic E-state index is -0.242. The first kappa shape index (κ1) is 15.9. The Balaban J connectivity index is 1.42. The van der Waals surface area contributed by atoms with Crippen LogP contribution in [-0.4, -0.2) is 26.9 Å². The third kappa shape index (κ3) is 3.30. The van der Waals surface area contributed by atoms with Gasteiger partial charge in [-0.15, -0.1) is 0 Å². The molecular formula is C18H15N5O3. The number of hydrogen-bond donors (Lipinski definition) is 2. The fourth-order valence-corrected chi connectivity index (χ4v) is 2.73. The number of carbonyl (C=O) groups is 2. The maximum Gasteiger partial charge on any atom is 0.251 e. The highest BCUT2D eigenvalue weighted by Gasteiger charge is 2.17. The summed E-state index contributed by atoms with van der Waals surface area (Å²) in [6.07, 6.45) is 4.34. The predicted molar refractivity (Wildman–Crippen MR) is 92.1 cm³/mol. The van der Waals surface area contributed by atoms with Crippen molar-refractivity contribution in [3.05, 3.63) is 59.7 Å². The van der Waals surface area contributed by atoms with Gasteiger partial charge in [-0.1, -0.05) is 5.16 Å². The van der Waals surface area contributed by atoms with E-state index in [0.717, 1.165) is 16.8 Å². The number of pyridine rings is 1. The molecule has 130 valence electrons. The van der Waals surface area contributed by atoms with Crippen molar-refractivity contribution >= 4 is 17.5 Å². The number of hydrogen-bond acceptors (Lipinski definition) is 6. The number of aromatic nitrogens is 3. The van der Waals surface area contributed by atoms with Crippen molar-refractivity contribution in [1.82, 2.24) is 20.4 Å². The number of rotatable bonds is 4. The van der Waals surface area contributed by atoms with Crippen LogP contribution in [0.3, 0.4) is 0 Å². The topological polar surface area (TPSA) is 110 Å². The number of anilines is 1. The number of amides is 2. The first-order valence-corrected chi connectivity index (χ1v) is 8.13. The smallest absolute Gasteiger partial charge is 0.251 e. The van der Waals surface area contributed by atoms with Crippen LogP contribution < -0.4 is 10.6 Å².